The summed E-state index contributed by atoms with van der Waals surface area (Å²) in [6, 6.07) is 0.662. The molecule has 2 rings (SSSR count). The SMILES string of the molecule is CCc1nc(CS(=O)(=O)C(C)C)sc1CNC1CC1. The third-order valence-electron chi connectivity index (χ3n) is 3.33. The van der Waals surface area contributed by atoms with Crippen LogP contribution in [0, 0.1) is 0 Å². The molecule has 0 radical (unpaired) electrons. The van der Waals surface area contributed by atoms with Gasteiger partial charge >= 0.3 is 0 Å². The zero-order valence-electron chi connectivity index (χ0n) is 11.8. The van der Waals surface area contributed by atoms with E-state index in [1.165, 1.54) is 17.7 Å². The van der Waals surface area contributed by atoms with E-state index in [9.17, 15) is 8.42 Å². The number of aryl methyl sites for hydroxylation is 1. The number of nitrogens with one attached hydrogen (secondary N) is 1. The van der Waals surface area contributed by atoms with Crippen LogP contribution in [0.2, 0.25) is 0 Å². The van der Waals surface area contributed by atoms with Crippen LogP contribution in [0.1, 0.15) is 49.2 Å². The van der Waals surface area contributed by atoms with Crippen LogP contribution in [0.25, 0.3) is 0 Å². The first-order valence-electron chi connectivity index (χ1n) is 6.84. The monoisotopic (exact) mass is 302 g/mol. The van der Waals surface area contributed by atoms with Crippen molar-refractivity contribution in [3.8, 4) is 0 Å². The lowest BCUT2D eigenvalue weighted by Gasteiger charge is -2.04. The molecular weight excluding hydrogens is 280 g/mol. The Labute approximate surface area is 119 Å². The summed E-state index contributed by atoms with van der Waals surface area (Å²) in [7, 11) is -3.05. The van der Waals surface area contributed by atoms with Gasteiger partial charge in [0.15, 0.2) is 9.84 Å². The number of nitrogens with zero attached hydrogens (tertiary/aromatic N) is 1. The predicted molar refractivity (Wildman–Crippen MR) is 79.1 cm³/mol. The molecule has 4 nitrogen and oxygen atoms in total. The highest BCUT2D eigenvalue weighted by Crippen LogP contribution is 2.25. The molecule has 0 aliphatic heterocycles. The Morgan fingerprint density at radius 3 is 2.63 bits per heavy atom. The van der Waals surface area contributed by atoms with E-state index >= 15 is 0 Å². The summed E-state index contributed by atoms with van der Waals surface area (Å²) in [6.45, 7) is 6.34. The Morgan fingerprint density at radius 1 is 1.42 bits per heavy atom. The van der Waals surface area contributed by atoms with Gasteiger partial charge in [0.1, 0.15) is 10.8 Å². The van der Waals surface area contributed by atoms with Crippen LogP contribution < -0.4 is 5.32 Å². The molecule has 1 aromatic rings. The number of thiazole rings is 1. The summed E-state index contributed by atoms with van der Waals surface area (Å²) in [5.41, 5.74) is 1.05. The van der Waals surface area contributed by atoms with E-state index in [2.05, 4.69) is 17.2 Å². The zero-order chi connectivity index (χ0) is 14.0. The molecule has 1 aliphatic rings. The van der Waals surface area contributed by atoms with Crippen molar-refractivity contribution in [3.05, 3.63) is 15.6 Å². The van der Waals surface area contributed by atoms with Crippen molar-refractivity contribution in [2.24, 2.45) is 0 Å². The molecule has 6 heteroatoms. The van der Waals surface area contributed by atoms with E-state index < -0.39 is 9.84 Å². The van der Waals surface area contributed by atoms with Crippen molar-refractivity contribution in [1.82, 2.24) is 10.3 Å². The molecule has 1 fully saturated rings. The number of aromatic nitrogens is 1. The lowest BCUT2D eigenvalue weighted by Crippen LogP contribution is -2.15. The number of hydrogen-bond donors (Lipinski definition) is 1. The normalized spacial score (nSPS) is 16.2. The van der Waals surface area contributed by atoms with Crippen LogP contribution in [0.4, 0.5) is 0 Å². The summed E-state index contributed by atoms with van der Waals surface area (Å²) in [5, 5.41) is 3.86. The van der Waals surface area contributed by atoms with Gasteiger partial charge in [0, 0.05) is 17.5 Å². The fraction of sp³-hybridized carbons (Fsp3) is 0.769. The lowest BCUT2D eigenvalue weighted by molar-refractivity contribution is 0.586. The first-order chi connectivity index (χ1) is 8.92. The maximum Gasteiger partial charge on any atom is 0.159 e. The van der Waals surface area contributed by atoms with Gasteiger partial charge in [0.2, 0.25) is 0 Å². The molecule has 1 aliphatic carbocycles. The van der Waals surface area contributed by atoms with Gasteiger partial charge in [-0.15, -0.1) is 11.3 Å². The Kier molecular flexibility index (Phi) is 4.63. The fourth-order valence-electron chi connectivity index (χ4n) is 1.78. The predicted octanol–water partition coefficient (Wildman–Crippen LogP) is 2.28. The summed E-state index contributed by atoms with van der Waals surface area (Å²) in [4.78, 5) is 5.69. The van der Waals surface area contributed by atoms with Crippen LogP contribution in [0.15, 0.2) is 0 Å². The molecule has 0 amide bonds. The molecule has 0 saturated heterocycles. The standard InChI is InChI=1S/C13H22N2O2S2/c1-4-11-12(7-14-10-5-6-10)18-13(15-11)8-19(16,17)9(2)3/h9-10,14H,4-8H2,1-3H3. The largest absolute Gasteiger partial charge is 0.309 e. The van der Waals surface area contributed by atoms with Gasteiger partial charge in [-0.05, 0) is 33.1 Å². The van der Waals surface area contributed by atoms with E-state index in [-0.39, 0.29) is 11.0 Å². The summed E-state index contributed by atoms with van der Waals surface area (Å²) in [6.07, 6.45) is 3.38. The second kappa shape index (κ2) is 5.89. The zero-order valence-corrected chi connectivity index (χ0v) is 13.4. The van der Waals surface area contributed by atoms with Crippen molar-refractivity contribution in [2.45, 2.75) is 63.6 Å². The molecule has 1 aromatic heterocycles. The summed E-state index contributed by atoms with van der Waals surface area (Å²) in [5.74, 6) is 0.0752. The number of sulfone groups is 1. The van der Waals surface area contributed by atoms with Crippen molar-refractivity contribution in [1.29, 1.82) is 0 Å². The van der Waals surface area contributed by atoms with E-state index in [1.807, 2.05) is 0 Å². The second-order valence-electron chi connectivity index (χ2n) is 5.34. The van der Waals surface area contributed by atoms with Crippen LogP contribution in [0.3, 0.4) is 0 Å². The van der Waals surface area contributed by atoms with Gasteiger partial charge in [0.05, 0.1) is 10.9 Å². The fourth-order valence-corrected chi connectivity index (χ4v) is 4.15. The van der Waals surface area contributed by atoms with Crippen LogP contribution in [0.5, 0.6) is 0 Å². The van der Waals surface area contributed by atoms with Gasteiger partial charge in [-0.2, -0.15) is 0 Å². The van der Waals surface area contributed by atoms with Crippen LogP contribution in [-0.4, -0.2) is 24.7 Å². The molecule has 1 N–H and O–H groups in total. The third-order valence-corrected chi connectivity index (χ3v) is 6.72. The minimum Gasteiger partial charge on any atom is -0.309 e. The van der Waals surface area contributed by atoms with Gasteiger partial charge in [-0.1, -0.05) is 6.92 Å². The number of rotatable bonds is 7. The molecule has 0 atom stereocenters. The van der Waals surface area contributed by atoms with Gasteiger partial charge < -0.3 is 5.32 Å². The lowest BCUT2D eigenvalue weighted by atomic mass is 10.3. The Balaban J connectivity index is 2.08. The van der Waals surface area contributed by atoms with Crippen molar-refractivity contribution < 1.29 is 8.42 Å². The van der Waals surface area contributed by atoms with Gasteiger partial charge in [-0.25, -0.2) is 13.4 Å². The van der Waals surface area contributed by atoms with E-state index in [4.69, 9.17) is 0 Å². The first kappa shape index (κ1) is 14.9. The second-order valence-corrected chi connectivity index (χ2v) is 9.07. The topological polar surface area (TPSA) is 59.1 Å². The van der Waals surface area contributed by atoms with Gasteiger partial charge in [-0.3, -0.25) is 0 Å². The summed E-state index contributed by atoms with van der Waals surface area (Å²) < 4.78 is 23.9. The van der Waals surface area contributed by atoms with E-state index in [1.54, 1.807) is 25.2 Å². The Hall–Kier alpha value is -0.460. The Bertz CT molecular complexity index is 531. The van der Waals surface area contributed by atoms with Crippen molar-refractivity contribution in [2.75, 3.05) is 0 Å². The maximum atomic E-state index is 11.9. The van der Waals surface area contributed by atoms with E-state index in [0.717, 1.165) is 23.7 Å². The average molecular weight is 302 g/mol. The average Bonchev–Trinajstić information content (AvgIpc) is 3.08. The quantitative estimate of drug-likeness (QED) is 0.839. The molecule has 0 aromatic carbocycles. The third kappa shape index (κ3) is 4.00. The van der Waals surface area contributed by atoms with Gasteiger partial charge in [0.25, 0.3) is 0 Å². The minimum absolute atomic E-state index is 0.0752. The van der Waals surface area contributed by atoms with Crippen LogP contribution in [-0.2, 0) is 28.6 Å². The highest BCUT2D eigenvalue weighted by molar-refractivity contribution is 7.91. The van der Waals surface area contributed by atoms with Crippen LogP contribution >= 0.6 is 11.3 Å². The molecule has 108 valence electrons. The molecule has 0 unspecified atom stereocenters. The highest BCUT2D eigenvalue weighted by atomic mass is 32.2. The summed E-state index contributed by atoms with van der Waals surface area (Å²) >= 11 is 1.55. The first-order valence-corrected chi connectivity index (χ1v) is 9.38. The molecule has 0 spiro atoms. The molecule has 19 heavy (non-hydrogen) atoms. The Morgan fingerprint density at radius 2 is 2.11 bits per heavy atom. The number of hydrogen-bond acceptors (Lipinski definition) is 5. The smallest absolute Gasteiger partial charge is 0.159 e. The minimum atomic E-state index is -3.05. The van der Waals surface area contributed by atoms with Crippen molar-refractivity contribution in [3.63, 3.8) is 0 Å². The highest BCUT2D eigenvalue weighted by Gasteiger charge is 2.23. The molecule has 1 saturated carbocycles. The maximum absolute atomic E-state index is 11.9. The molecule has 1 heterocycles. The molecule has 0 bridgehead atoms. The van der Waals surface area contributed by atoms with Crippen molar-refractivity contribution >= 4 is 21.2 Å². The molecular formula is C13H22N2O2S2. The van der Waals surface area contributed by atoms with E-state index in [0.29, 0.717) is 6.04 Å².